The molecule has 3 aromatic heterocycles. The number of hydrogen-bond acceptors (Lipinski definition) is 6. The van der Waals surface area contributed by atoms with Gasteiger partial charge in [0.2, 0.25) is 5.91 Å². The Morgan fingerprint density at radius 3 is 2.71 bits per heavy atom. The largest absolute Gasteiger partial charge is 0.388 e. The molecule has 3 aromatic rings. The summed E-state index contributed by atoms with van der Waals surface area (Å²) in [4.78, 5) is 27.6. The van der Waals surface area contributed by atoms with Crippen LogP contribution in [0.15, 0.2) is 43.1 Å². The van der Waals surface area contributed by atoms with E-state index in [0.29, 0.717) is 29.9 Å². The average molecular weight is 604 g/mol. The maximum absolute atomic E-state index is 12.8. The van der Waals surface area contributed by atoms with Gasteiger partial charge in [-0.25, -0.2) is 21.0 Å². The van der Waals surface area contributed by atoms with Gasteiger partial charge in [0.1, 0.15) is 18.3 Å². The minimum atomic E-state index is -1.02. The summed E-state index contributed by atoms with van der Waals surface area (Å²) in [5, 5.41) is 12.0. The number of aliphatic hydroxyl groups excluding tert-OH is 1. The molecule has 0 spiro atoms. The van der Waals surface area contributed by atoms with Crippen molar-refractivity contribution in [2.75, 3.05) is 5.32 Å². The number of nitrogens with zero attached hydrogens (tertiary/aromatic N) is 4. The van der Waals surface area contributed by atoms with Crippen LogP contribution in [0.2, 0.25) is 0 Å². The van der Waals surface area contributed by atoms with Gasteiger partial charge in [-0.3, -0.25) is 14.8 Å². The number of aromatic nitrogens is 4. The second-order valence-electron chi connectivity index (χ2n) is 6.87. The van der Waals surface area contributed by atoms with Crippen LogP contribution in [0, 0.1) is 25.0 Å². The Kier molecular flexibility index (Phi) is 9.39. The van der Waals surface area contributed by atoms with Crippen LogP contribution >= 0.6 is 0 Å². The minimum Gasteiger partial charge on any atom is -0.388 e. The van der Waals surface area contributed by atoms with E-state index in [0.717, 1.165) is 11.3 Å². The smallest absolute Gasteiger partial charge is 0.231 e. The molecule has 167 valence electrons. The monoisotopic (exact) mass is 604 g/mol. The number of halogens is 1. The van der Waals surface area contributed by atoms with Gasteiger partial charge in [0.05, 0.1) is 12.0 Å². The molecule has 3 heterocycles. The van der Waals surface area contributed by atoms with Gasteiger partial charge < -0.3 is 15.4 Å². The number of alkyl halides is 1. The number of carbonyl (C=O) groups excluding carboxylic acids is 1. The Morgan fingerprint density at radius 1 is 1.32 bits per heavy atom. The standard InChI is InChI=1S/C13H10FN4O.C9H12NO.Au/c14-10-4-9(10)13(19)18-12-5-11(16-7-17-12)8-2-1-3-15-6-8;1-3-9(11)8-6-7(2)4-5-10-8;/h1,3,5-7,9-10H,4H2,(H,16,17,18,19);5-6,9,11H,3H2,1-2H3;/q2*-1;/t9-,10+;9-;/m00./s1. The zero-order chi connectivity index (χ0) is 21.5. The molecule has 1 amide bonds. The molecule has 1 fully saturated rings. The fourth-order valence-electron chi connectivity index (χ4n) is 2.59. The predicted octanol–water partition coefficient (Wildman–Crippen LogP) is 3.27. The molecule has 0 aliphatic heterocycles. The molecule has 0 saturated heterocycles. The molecule has 31 heavy (non-hydrogen) atoms. The molecule has 1 saturated carbocycles. The average Bonchev–Trinajstić information content (AvgIpc) is 3.51. The Hall–Kier alpha value is -2.52. The molecule has 3 atom stereocenters. The van der Waals surface area contributed by atoms with Gasteiger partial charge in [-0.1, -0.05) is 32.4 Å². The number of pyridine rings is 2. The number of amides is 1. The third-order valence-corrected chi connectivity index (χ3v) is 4.45. The van der Waals surface area contributed by atoms with Gasteiger partial charge in [0.25, 0.3) is 0 Å². The van der Waals surface area contributed by atoms with Crippen LogP contribution < -0.4 is 5.32 Å². The van der Waals surface area contributed by atoms with Crippen molar-refractivity contribution in [2.45, 2.75) is 39.0 Å². The van der Waals surface area contributed by atoms with Crippen LogP contribution in [0.25, 0.3) is 11.3 Å². The quantitative estimate of drug-likeness (QED) is 0.343. The molecule has 2 N–H and O–H groups in total. The van der Waals surface area contributed by atoms with Gasteiger partial charge in [0.15, 0.2) is 0 Å². The molecule has 1 radical (unpaired) electrons. The van der Waals surface area contributed by atoms with Crippen molar-refractivity contribution < 1.29 is 36.7 Å². The summed E-state index contributed by atoms with van der Waals surface area (Å²) in [5.74, 6) is -0.526. The number of rotatable bonds is 5. The zero-order valence-corrected chi connectivity index (χ0v) is 19.2. The van der Waals surface area contributed by atoms with Crippen LogP contribution in [-0.4, -0.2) is 37.1 Å². The van der Waals surface area contributed by atoms with E-state index in [-0.39, 0.29) is 28.3 Å². The number of aliphatic hydroxyl groups is 1. The molecule has 0 unspecified atom stereocenters. The van der Waals surface area contributed by atoms with Crippen molar-refractivity contribution in [2.24, 2.45) is 5.92 Å². The van der Waals surface area contributed by atoms with Crippen molar-refractivity contribution >= 4 is 11.7 Å². The first-order valence-electron chi connectivity index (χ1n) is 9.59. The van der Waals surface area contributed by atoms with Crippen molar-refractivity contribution in [3.8, 4) is 11.3 Å². The molecular formula is C22H22AuFN5O2-2. The summed E-state index contributed by atoms with van der Waals surface area (Å²) in [6.07, 6.45) is 5.72. The maximum Gasteiger partial charge on any atom is 0.231 e. The van der Waals surface area contributed by atoms with Crippen LogP contribution in [0.4, 0.5) is 10.2 Å². The molecular weight excluding hydrogens is 582 g/mol. The normalized spacial score (nSPS) is 17.4. The second kappa shape index (κ2) is 11.8. The van der Waals surface area contributed by atoms with E-state index in [9.17, 15) is 14.3 Å². The zero-order valence-electron chi connectivity index (χ0n) is 17.0. The van der Waals surface area contributed by atoms with Crippen LogP contribution in [0.1, 0.15) is 37.1 Å². The van der Waals surface area contributed by atoms with Gasteiger partial charge in [-0.15, -0.1) is 17.7 Å². The summed E-state index contributed by atoms with van der Waals surface area (Å²) in [6, 6.07) is 11.1. The summed E-state index contributed by atoms with van der Waals surface area (Å²) in [7, 11) is 0. The van der Waals surface area contributed by atoms with Crippen molar-refractivity contribution in [1.29, 1.82) is 0 Å². The second-order valence-corrected chi connectivity index (χ2v) is 6.87. The minimum absolute atomic E-state index is 0. The number of nitrogens with one attached hydrogen (secondary N) is 1. The SMILES string of the molecule is CC[C@H](O)c1cc(C)[c-]cn1.O=C(Nc1cc(-c2[c-]ccnc2)ncn1)[C@H]1C[C@H]1F.[Au]. The Labute approximate surface area is 196 Å². The predicted molar refractivity (Wildman–Crippen MR) is 109 cm³/mol. The number of hydrogen-bond donors (Lipinski definition) is 2. The summed E-state index contributed by atoms with van der Waals surface area (Å²) in [6.45, 7) is 3.87. The first-order chi connectivity index (χ1) is 14.5. The molecule has 1 aliphatic rings. The fraction of sp³-hybridized carbons (Fsp3) is 0.318. The fourth-order valence-corrected chi connectivity index (χ4v) is 2.59. The van der Waals surface area contributed by atoms with E-state index in [1.165, 1.54) is 6.33 Å². The maximum atomic E-state index is 12.8. The van der Waals surface area contributed by atoms with Gasteiger partial charge in [-0.2, -0.15) is 6.07 Å². The summed E-state index contributed by atoms with van der Waals surface area (Å²) in [5.41, 5.74) is 3.06. The topological polar surface area (TPSA) is 101 Å². The van der Waals surface area contributed by atoms with Crippen molar-refractivity contribution in [1.82, 2.24) is 19.9 Å². The van der Waals surface area contributed by atoms with Gasteiger partial charge in [0, 0.05) is 22.4 Å². The van der Waals surface area contributed by atoms with Crippen molar-refractivity contribution in [3.63, 3.8) is 0 Å². The Bertz CT molecular complexity index is 992. The van der Waals surface area contributed by atoms with E-state index in [1.54, 1.807) is 30.7 Å². The van der Waals surface area contributed by atoms with Gasteiger partial charge >= 0.3 is 0 Å². The number of anilines is 1. The molecule has 0 aromatic carbocycles. The number of aryl methyl sites for hydroxylation is 1. The van der Waals surface area contributed by atoms with E-state index in [1.807, 2.05) is 19.9 Å². The third kappa shape index (κ3) is 7.29. The molecule has 7 nitrogen and oxygen atoms in total. The summed E-state index contributed by atoms with van der Waals surface area (Å²) >= 11 is 0. The first kappa shape index (κ1) is 24.7. The van der Waals surface area contributed by atoms with Crippen LogP contribution in [0.3, 0.4) is 0 Å². The van der Waals surface area contributed by atoms with Crippen LogP contribution in [-0.2, 0) is 27.2 Å². The van der Waals surface area contributed by atoms with E-state index in [4.69, 9.17) is 0 Å². The summed E-state index contributed by atoms with van der Waals surface area (Å²) < 4.78 is 12.8. The Morgan fingerprint density at radius 2 is 2.10 bits per heavy atom. The third-order valence-electron chi connectivity index (χ3n) is 4.45. The Balaban J connectivity index is 0.000000245. The molecule has 1 aliphatic carbocycles. The van der Waals surface area contributed by atoms with Crippen molar-refractivity contribution in [3.05, 3.63) is 66.5 Å². The molecule has 9 heteroatoms. The molecule has 4 rings (SSSR count). The molecule has 0 bridgehead atoms. The van der Waals surface area contributed by atoms with E-state index >= 15 is 0 Å². The van der Waals surface area contributed by atoms with E-state index < -0.39 is 18.2 Å². The van der Waals surface area contributed by atoms with E-state index in [2.05, 4.69) is 37.4 Å². The van der Waals surface area contributed by atoms with Crippen LogP contribution in [0.5, 0.6) is 0 Å². The number of carbonyl (C=O) groups is 1. The van der Waals surface area contributed by atoms with Gasteiger partial charge in [-0.05, 0) is 30.3 Å². The first-order valence-corrected chi connectivity index (χ1v) is 9.59.